The lowest BCUT2D eigenvalue weighted by atomic mass is 9.84. The fourth-order valence-corrected chi connectivity index (χ4v) is 4.26. The number of ether oxygens (including phenoxy) is 1. The SMILES string of the molecule is CNC(=O)c1ccc2nc(-c3ccc4c(Cl)n[nH]c4c3)n([C@H](CC(=O)OC)C(C)(C)C)c2c1. The molecule has 0 aliphatic rings. The molecule has 0 bridgehead atoms. The Hall–Kier alpha value is -3.39. The zero-order chi connectivity index (χ0) is 23.9. The van der Waals surface area contributed by atoms with E-state index in [2.05, 4.69) is 36.3 Å². The summed E-state index contributed by atoms with van der Waals surface area (Å²) >= 11 is 6.16. The number of nitrogens with zero attached hydrogens (tertiary/aromatic N) is 3. The second-order valence-electron chi connectivity index (χ2n) is 9.02. The first kappa shape index (κ1) is 22.8. The van der Waals surface area contributed by atoms with Gasteiger partial charge in [-0.15, -0.1) is 0 Å². The summed E-state index contributed by atoms with van der Waals surface area (Å²) in [6.45, 7) is 6.20. The van der Waals surface area contributed by atoms with E-state index in [4.69, 9.17) is 21.3 Å². The van der Waals surface area contributed by atoms with Gasteiger partial charge in [0.25, 0.3) is 5.91 Å². The highest BCUT2D eigenvalue weighted by Crippen LogP contribution is 2.40. The van der Waals surface area contributed by atoms with Crippen molar-refractivity contribution in [3.05, 3.63) is 47.1 Å². The number of fused-ring (bicyclic) bond motifs is 2. The number of aromatic nitrogens is 4. The number of carbonyl (C=O) groups is 2. The number of H-pyrrole nitrogens is 1. The maximum Gasteiger partial charge on any atom is 0.307 e. The smallest absolute Gasteiger partial charge is 0.307 e. The Labute approximate surface area is 196 Å². The van der Waals surface area contributed by atoms with Crippen LogP contribution in [0.15, 0.2) is 36.4 Å². The minimum absolute atomic E-state index is 0.154. The van der Waals surface area contributed by atoms with Crippen molar-refractivity contribution in [2.75, 3.05) is 14.2 Å². The van der Waals surface area contributed by atoms with Gasteiger partial charge >= 0.3 is 5.97 Å². The normalized spacial score (nSPS) is 12.8. The molecule has 0 fully saturated rings. The van der Waals surface area contributed by atoms with Crippen molar-refractivity contribution < 1.29 is 14.3 Å². The molecule has 2 aromatic carbocycles. The van der Waals surface area contributed by atoms with Gasteiger partial charge in [0.2, 0.25) is 0 Å². The third kappa shape index (κ3) is 4.18. The van der Waals surface area contributed by atoms with Crippen molar-refractivity contribution in [3.63, 3.8) is 0 Å². The first-order valence-electron chi connectivity index (χ1n) is 10.6. The molecule has 0 spiro atoms. The van der Waals surface area contributed by atoms with E-state index in [0.717, 1.165) is 27.5 Å². The van der Waals surface area contributed by atoms with E-state index in [1.54, 1.807) is 13.1 Å². The molecular formula is C24H26ClN5O3. The number of hydrogen-bond acceptors (Lipinski definition) is 5. The third-order valence-corrected chi connectivity index (χ3v) is 6.14. The van der Waals surface area contributed by atoms with Crippen LogP contribution in [-0.2, 0) is 9.53 Å². The minimum Gasteiger partial charge on any atom is -0.469 e. The maximum absolute atomic E-state index is 12.4. The Bertz CT molecular complexity index is 1370. The van der Waals surface area contributed by atoms with Crippen LogP contribution in [0.2, 0.25) is 5.15 Å². The van der Waals surface area contributed by atoms with E-state index in [-0.39, 0.29) is 29.8 Å². The van der Waals surface area contributed by atoms with Crippen molar-refractivity contribution in [3.8, 4) is 11.4 Å². The summed E-state index contributed by atoms with van der Waals surface area (Å²) in [5.74, 6) is 0.163. The van der Waals surface area contributed by atoms with Crippen LogP contribution in [0, 0.1) is 5.41 Å². The second-order valence-corrected chi connectivity index (χ2v) is 9.38. The fourth-order valence-electron chi connectivity index (χ4n) is 4.05. The van der Waals surface area contributed by atoms with Gasteiger partial charge in [0.1, 0.15) is 5.82 Å². The van der Waals surface area contributed by atoms with Gasteiger partial charge < -0.3 is 14.6 Å². The number of amides is 1. The molecule has 1 amide bonds. The molecule has 0 unspecified atom stereocenters. The summed E-state index contributed by atoms with van der Waals surface area (Å²) in [6.07, 6.45) is 0.154. The lowest BCUT2D eigenvalue weighted by molar-refractivity contribution is -0.142. The molecule has 33 heavy (non-hydrogen) atoms. The van der Waals surface area contributed by atoms with Gasteiger partial charge in [0, 0.05) is 23.6 Å². The summed E-state index contributed by atoms with van der Waals surface area (Å²) in [5.41, 5.74) is 3.29. The largest absolute Gasteiger partial charge is 0.469 e. The third-order valence-electron chi connectivity index (χ3n) is 5.85. The highest BCUT2D eigenvalue weighted by atomic mass is 35.5. The number of esters is 1. The number of imidazole rings is 1. The first-order valence-corrected chi connectivity index (χ1v) is 11.0. The summed E-state index contributed by atoms with van der Waals surface area (Å²) in [4.78, 5) is 29.6. The predicted molar refractivity (Wildman–Crippen MR) is 128 cm³/mol. The topological polar surface area (TPSA) is 102 Å². The molecule has 0 saturated heterocycles. The van der Waals surface area contributed by atoms with Crippen molar-refractivity contribution in [2.45, 2.75) is 33.2 Å². The van der Waals surface area contributed by atoms with Crippen LogP contribution in [0.5, 0.6) is 0 Å². The van der Waals surface area contributed by atoms with E-state index in [1.807, 2.05) is 34.9 Å². The number of aromatic amines is 1. The predicted octanol–water partition coefficient (Wildman–Crippen LogP) is 4.74. The van der Waals surface area contributed by atoms with Gasteiger partial charge in [-0.2, -0.15) is 5.10 Å². The van der Waals surface area contributed by atoms with Crippen LogP contribution in [0.25, 0.3) is 33.3 Å². The monoisotopic (exact) mass is 467 g/mol. The van der Waals surface area contributed by atoms with Crippen LogP contribution in [0.3, 0.4) is 0 Å². The zero-order valence-corrected chi connectivity index (χ0v) is 19.9. The van der Waals surface area contributed by atoms with E-state index in [1.165, 1.54) is 7.11 Å². The highest BCUT2D eigenvalue weighted by Gasteiger charge is 2.33. The number of rotatable bonds is 5. The lowest BCUT2D eigenvalue weighted by Crippen LogP contribution is -2.28. The van der Waals surface area contributed by atoms with E-state index >= 15 is 0 Å². The minimum atomic E-state index is -0.319. The van der Waals surface area contributed by atoms with Gasteiger partial charge in [0.05, 0.1) is 36.1 Å². The van der Waals surface area contributed by atoms with Gasteiger partial charge in [0.15, 0.2) is 5.15 Å². The maximum atomic E-state index is 12.4. The first-order chi connectivity index (χ1) is 15.6. The summed E-state index contributed by atoms with van der Waals surface area (Å²) in [6, 6.07) is 10.8. The summed E-state index contributed by atoms with van der Waals surface area (Å²) < 4.78 is 7.05. The average Bonchev–Trinajstić information content (AvgIpc) is 3.35. The molecule has 2 heterocycles. The summed E-state index contributed by atoms with van der Waals surface area (Å²) in [7, 11) is 2.98. The van der Waals surface area contributed by atoms with Gasteiger partial charge in [-0.05, 0) is 35.7 Å². The summed E-state index contributed by atoms with van der Waals surface area (Å²) in [5, 5.41) is 10.9. The van der Waals surface area contributed by atoms with Crippen molar-refractivity contribution in [1.29, 1.82) is 0 Å². The Kier molecular flexibility index (Phi) is 5.88. The Morgan fingerprint density at radius 1 is 1.21 bits per heavy atom. The Morgan fingerprint density at radius 2 is 1.97 bits per heavy atom. The van der Waals surface area contributed by atoms with Crippen LogP contribution in [-0.4, -0.2) is 45.8 Å². The van der Waals surface area contributed by atoms with E-state index in [0.29, 0.717) is 16.5 Å². The van der Waals surface area contributed by atoms with Gasteiger partial charge in [-0.1, -0.05) is 38.4 Å². The zero-order valence-electron chi connectivity index (χ0n) is 19.2. The molecule has 4 aromatic rings. The number of hydrogen-bond donors (Lipinski definition) is 2. The van der Waals surface area contributed by atoms with Crippen molar-refractivity contribution in [1.82, 2.24) is 25.1 Å². The standard InChI is InChI=1S/C24H26ClN5O3/c1-24(2,3)19(12-20(31)33-5)30-18-11-14(23(32)26-4)7-9-16(18)27-22(30)13-6-8-15-17(10-13)28-29-21(15)25/h6-11,19H,12H2,1-5H3,(H,26,32)(H,28,29)/t19-/m1/s1. The van der Waals surface area contributed by atoms with Gasteiger partial charge in [-0.3, -0.25) is 14.7 Å². The van der Waals surface area contributed by atoms with Crippen LogP contribution < -0.4 is 5.32 Å². The number of carbonyl (C=O) groups excluding carboxylic acids is 2. The van der Waals surface area contributed by atoms with Gasteiger partial charge in [-0.25, -0.2) is 4.98 Å². The molecular weight excluding hydrogens is 442 g/mol. The molecule has 0 saturated carbocycles. The fraction of sp³-hybridized carbons (Fsp3) is 0.333. The molecule has 2 aromatic heterocycles. The molecule has 8 nitrogen and oxygen atoms in total. The number of halogens is 1. The molecule has 0 radical (unpaired) electrons. The van der Waals surface area contributed by atoms with E-state index < -0.39 is 0 Å². The molecule has 9 heteroatoms. The molecule has 172 valence electrons. The Balaban J connectivity index is 2.01. The van der Waals surface area contributed by atoms with Crippen molar-refractivity contribution in [2.24, 2.45) is 5.41 Å². The highest BCUT2D eigenvalue weighted by molar-refractivity contribution is 6.34. The molecule has 1 atom stereocenters. The molecule has 4 rings (SSSR count). The number of methoxy groups -OCH3 is 1. The van der Waals surface area contributed by atoms with Crippen LogP contribution in [0.4, 0.5) is 0 Å². The Morgan fingerprint density at radius 3 is 2.64 bits per heavy atom. The average molecular weight is 468 g/mol. The second kappa shape index (κ2) is 8.51. The molecule has 0 aliphatic carbocycles. The molecule has 0 aliphatic heterocycles. The van der Waals surface area contributed by atoms with Crippen LogP contribution >= 0.6 is 11.6 Å². The number of nitrogens with one attached hydrogen (secondary N) is 2. The van der Waals surface area contributed by atoms with E-state index in [9.17, 15) is 9.59 Å². The quantitative estimate of drug-likeness (QED) is 0.412. The lowest BCUT2D eigenvalue weighted by Gasteiger charge is -2.33. The van der Waals surface area contributed by atoms with Crippen LogP contribution in [0.1, 0.15) is 43.6 Å². The van der Waals surface area contributed by atoms with Crippen molar-refractivity contribution >= 4 is 45.4 Å². The number of benzene rings is 2. The molecule has 2 N–H and O–H groups in total.